The Labute approximate surface area is 529 Å². The number of carbonyl (C=O) groups excluding carboxylic acids is 5. The number of aromatic nitrogens is 3. The second-order valence-corrected chi connectivity index (χ2v) is 25.9. The van der Waals surface area contributed by atoms with Gasteiger partial charge in [0, 0.05) is 87.8 Å². The van der Waals surface area contributed by atoms with E-state index in [4.69, 9.17) is 0 Å². The highest BCUT2D eigenvalue weighted by atomic mass is 32.1. The summed E-state index contributed by atoms with van der Waals surface area (Å²) in [4.78, 5) is 93.2. The normalized spacial score (nSPS) is 18.8. The van der Waals surface area contributed by atoms with E-state index in [1.54, 1.807) is 21.7 Å². The van der Waals surface area contributed by atoms with Gasteiger partial charge in [0.15, 0.2) is 0 Å². The highest BCUT2D eigenvalue weighted by Crippen LogP contribution is 2.39. The van der Waals surface area contributed by atoms with Crippen molar-refractivity contribution in [1.82, 2.24) is 40.3 Å². The summed E-state index contributed by atoms with van der Waals surface area (Å²) in [5.41, 5.74) is 5.26. The number of likely N-dealkylation sites (tertiary alicyclic amines) is 1. The van der Waals surface area contributed by atoms with Crippen molar-refractivity contribution in [2.45, 2.75) is 110 Å². The topological polar surface area (TPSA) is 197 Å². The Bertz CT molecular complexity index is 3820. The number of hydrogen-bond acceptors (Lipinski definition) is 13. The molecule has 17 nitrogen and oxygen atoms in total. The molecular formula is C68H74F5N11O6S. The van der Waals surface area contributed by atoms with Crippen LogP contribution in [0.25, 0.3) is 32.7 Å². The number of carbonyl (C=O) groups is 5. The number of β-amino-alcohol motifs (C(OH)–C–C–N with tert-alkyl or cyclic N) is 1. The van der Waals surface area contributed by atoms with Crippen LogP contribution >= 0.6 is 11.3 Å². The van der Waals surface area contributed by atoms with Crippen molar-refractivity contribution in [2.75, 3.05) is 68.0 Å². The molecule has 23 heteroatoms. The van der Waals surface area contributed by atoms with E-state index in [9.17, 15) is 46.6 Å². The van der Waals surface area contributed by atoms with Crippen LogP contribution in [-0.2, 0) is 38.2 Å². The van der Waals surface area contributed by atoms with Crippen LogP contribution < -0.4 is 25.8 Å². The van der Waals surface area contributed by atoms with Crippen LogP contribution in [0.3, 0.4) is 0 Å². The number of benzene rings is 5. The van der Waals surface area contributed by atoms with Crippen molar-refractivity contribution in [2.24, 2.45) is 5.41 Å². The van der Waals surface area contributed by atoms with E-state index in [1.807, 2.05) is 138 Å². The third kappa shape index (κ3) is 15.1. The van der Waals surface area contributed by atoms with E-state index in [1.165, 1.54) is 29.4 Å². The van der Waals surface area contributed by atoms with E-state index in [0.717, 1.165) is 50.5 Å². The number of thiazole rings is 1. The summed E-state index contributed by atoms with van der Waals surface area (Å²) in [5, 5.41) is 19.4. The number of hydrogen-bond donors (Lipinski definition) is 4. The van der Waals surface area contributed by atoms with Crippen LogP contribution in [0.4, 0.5) is 39.3 Å². The van der Waals surface area contributed by atoms with E-state index < -0.39 is 82.2 Å². The number of anilines is 3. The third-order valence-corrected chi connectivity index (χ3v) is 18.4. The zero-order chi connectivity index (χ0) is 65.2. The molecule has 4 N–H and O–H groups in total. The Balaban J connectivity index is 0.745. The minimum Gasteiger partial charge on any atom is -0.391 e. The number of alkyl halides is 3. The molecule has 3 aliphatic heterocycles. The Morgan fingerprint density at radius 1 is 0.736 bits per heavy atom. The Morgan fingerprint density at radius 2 is 1.37 bits per heavy atom. The van der Waals surface area contributed by atoms with Crippen molar-refractivity contribution in [3.05, 3.63) is 166 Å². The van der Waals surface area contributed by atoms with Gasteiger partial charge in [-0.25, -0.2) is 23.7 Å². The molecule has 5 aromatic carbocycles. The molecule has 3 fully saturated rings. The molecular weight excluding hydrogens is 1190 g/mol. The average molecular weight is 1270 g/mol. The number of aliphatic hydroxyl groups is 1. The number of nitrogens with zero attached hydrogens (tertiary/aromatic N) is 8. The maximum absolute atomic E-state index is 16.3. The lowest BCUT2D eigenvalue weighted by Gasteiger charge is -2.44. The first-order valence-corrected chi connectivity index (χ1v) is 31.2. The molecule has 0 spiro atoms. The van der Waals surface area contributed by atoms with Gasteiger partial charge in [-0.3, -0.25) is 28.9 Å². The van der Waals surface area contributed by atoms with Crippen LogP contribution in [0.5, 0.6) is 0 Å². The summed E-state index contributed by atoms with van der Waals surface area (Å²) in [6, 6.07) is 25.0. The SMILES string of the molecule is Cc1ncsc1-c1ccc([C@H](C)NC(=O)[C@@H]2C[C@@H](O)CN2C(=O)[C@@H](NC(=O)Cc2cccc(-c3cccc(CC(=O)N4CCN(c5ncc(-c6cc(NC(=O)c7ccc(F)cc7C(F)(F)F)c(N7C[C@@H](C)N(C)[C@@H](C)C7)cc6F)cn5)CC4)c3)c2)C(C)(C)C)cc1. The molecule has 6 atom stereocenters. The number of piperazine rings is 2. The molecule has 0 bridgehead atoms. The Morgan fingerprint density at radius 3 is 1.98 bits per heavy atom. The highest BCUT2D eigenvalue weighted by molar-refractivity contribution is 7.13. The summed E-state index contributed by atoms with van der Waals surface area (Å²) in [7, 11) is 1.96. The zero-order valence-corrected chi connectivity index (χ0v) is 52.8. The fraction of sp³-hybridized carbons (Fsp3) is 0.382. The first kappa shape index (κ1) is 65.3. The van der Waals surface area contributed by atoms with Crippen LogP contribution in [0.2, 0.25) is 0 Å². The predicted octanol–water partition coefficient (Wildman–Crippen LogP) is 10.1. The van der Waals surface area contributed by atoms with Crippen molar-refractivity contribution in [1.29, 1.82) is 0 Å². The molecule has 10 rings (SSSR count). The van der Waals surface area contributed by atoms with Crippen LogP contribution in [0.15, 0.2) is 121 Å². The van der Waals surface area contributed by atoms with Gasteiger partial charge in [-0.15, -0.1) is 11.3 Å². The summed E-state index contributed by atoms with van der Waals surface area (Å²) in [6.07, 6.45) is -3.00. The van der Waals surface area contributed by atoms with Gasteiger partial charge < -0.3 is 40.7 Å². The van der Waals surface area contributed by atoms with E-state index in [0.29, 0.717) is 50.8 Å². The minimum absolute atomic E-state index is 0.00971. The van der Waals surface area contributed by atoms with E-state index in [2.05, 4.69) is 35.8 Å². The lowest BCUT2D eigenvalue weighted by atomic mass is 9.85. The minimum atomic E-state index is -5.03. The van der Waals surface area contributed by atoms with Crippen LogP contribution in [0.1, 0.15) is 92.3 Å². The fourth-order valence-electron chi connectivity index (χ4n) is 12.1. The maximum atomic E-state index is 16.3. The van der Waals surface area contributed by atoms with Gasteiger partial charge in [0.25, 0.3) is 5.91 Å². The summed E-state index contributed by atoms with van der Waals surface area (Å²) < 4.78 is 72.5. The summed E-state index contributed by atoms with van der Waals surface area (Å²) >= 11 is 1.56. The number of nitrogens with one attached hydrogen (secondary N) is 3. The van der Waals surface area contributed by atoms with E-state index >= 15 is 4.39 Å². The highest BCUT2D eigenvalue weighted by Gasteiger charge is 2.45. The fourth-order valence-corrected chi connectivity index (χ4v) is 12.9. The van der Waals surface area contributed by atoms with Gasteiger partial charge in [-0.1, -0.05) is 93.6 Å². The Kier molecular flexibility index (Phi) is 19.4. The number of aliphatic hydroxyl groups excluding tert-OH is 1. The van der Waals surface area contributed by atoms with Gasteiger partial charge in [0.2, 0.25) is 29.6 Å². The number of amides is 5. The molecule has 478 valence electrons. The quantitative estimate of drug-likeness (QED) is 0.0670. The van der Waals surface area contributed by atoms with Crippen molar-refractivity contribution >= 4 is 58.2 Å². The average Bonchev–Trinajstić information content (AvgIpc) is 1.25. The van der Waals surface area contributed by atoms with E-state index in [-0.39, 0.29) is 72.4 Å². The number of likely N-dealkylation sites (N-methyl/N-ethyl adjacent to an activating group) is 1. The molecule has 3 saturated heterocycles. The second kappa shape index (κ2) is 27.0. The molecule has 0 radical (unpaired) electrons. The molecule has 7 aromatic rings. The van der Waals surface area contributed by atoms with Crippen molar-refractivity contribution in [3.63, 3.8) is 0 Å². The lowest BCUT2D eigenvalue weighted by Crippen LogP contribution is -2.58. The molecule has 0 saturated carbocycles. The number of aryl methyl sites for hydroxylation is 1. The zero-order valence-electron chi connectivity index (χ0n) is 51.9. The monoisotopic (exact) mass is 1270 g/mol. The predicted molar refractivity (Wildman–Crippen MR) is 340 cm³/mol. The Hall–Kier alpha value is -8.67. The van der Waals surface area contributed by atoms with Crippen molar-refractivity contribution < 1.29 is 51.0 Å². The molecule has 3 aliphatic rings. The van der Waals surface area contributed by atoms with Crippen LogP contribution in [0, 0.1) is 24.0 Å². The van der Waals surface area contributed by atoms with Gasteiger partial charge >= 0.3 is 6.18 Å². The number of halogens is 5. The van der Waals surface area contributed by atoms with Crippen LogP contribution in [-0.4, -0.2) is 147 Å². The first-order valence-electron chi connectivity index (χ1n) is 30.3. The van der Waals surface area contributed by atoms with Gasteiger partial charge in [0.1, 0.15) is 23.7 Å². The molecule has 91 heavy (non-hydrogen) atoms. The van der Waals surface area contributed by atoms with Gasteiger partial charge in [0.05, 0.1) is 63.6 Å². The molecule has 5 amide bonds. The third-order valence-electron chi connectivity index (χ3n) is 17.4. The maximum Gasteiger partial charge on any atom is 0.417 e. The first-order chi connectivity index (χ1) is 43.2. The summed E-state index contributed by atoms with van der Waals surface area (Å²) in [6.45, 7) is 15.6. The second-order valence-electron chi connectivity index (χ2n) is 25.0. The molecule has 5 heterocycles. The lowest BCUT2D eigenvalue weighted by molar-refractivity contribution is -0.144. The molecule has 0 unspecified atom stereocenters. The molecule has 2 aromatic heterocycles. The smallest absolute Gasteiger partial charge is 0.391 e. The largest absolute Gasteiger partial charge is 0.417 e. The number of rotatable bonds is 16. The molecule has 0 aliphatic carbocycles. The van der Waals surface area contributed by atoms with Gasteiger partial charge in [-0.05, 0) is 104 Å². The summed E-state index contributed by atoms with van der Waals surface area (Å²) in [5.74, 6) is -4.02. The van der Waals surface area contributed by atoms with Crippen molar-refractivity contribution in [3.8, 4) is 32.7 Å². The van der Waals surface area contributed by atoms with Gasteiger partial charge in [-0.2, -0.15) is 13.2 Å². The standard InChI is InChI=1S/C68H74F5N11O6S/c1-39-35-83(36-40(2)80(39)8)57-32-55(70)53(31-56(57)78-63(88)52-20-19-50(69)29-54(52)68(71,72)73)49-33-74-66(75-34-49)82-23-21-81(22-24-82)60(87)28-44-12-10-14-48(26-44)47-13-9-11-43(25-47)27-59(86)79-62(67(5,6)7)65(90)84-37-51(85)30-58(84)64(89)77-41(3)45-15-17-46(18-16-45)61-42(4)76-38-91-61/h9-20,25-26,29,31-34,38-41,51,58,62,85H,21-24,27-28,30,35-37H2,1-8H3,(H,77,89)(H,78,88)(H,79,86)/t39-,40+,41-,51+,58-,62+/m0/s1.